The van der Waals surface area contributed by atoms with Crippen molar-refractivity contribution in [2.24, 2.45) is 0 Å². The van der Waals surface area contributed by atoms with Crippen molar-refractivity contribution < 1.29 is 8.83 Å². The van der Waals surface area contributed by atoms with Crippen LogP contribution in [0.25, 0.3) is 65.4 Å². The Morgan fingerprint density at radius 2 is 1.00 bits per heavy atom. The monoisotopic (exact) mass is 525 g/mol. The average Bonchev–Trinajstić information content (AvgIpc) is 3.59. The van der Waals surface area contributed by atoms with Gasteiger partial charge in [0.2, 0.25) is 0 Å². The van der Waals surface area contributed by atoms with Crippen LogP contribution < -0.4 is 4.90 Å². The van der Waals surface area contributed by atoms with Gasteiger partial charge in [0.15, 0.2) is 5.58 Å². The van der Waals surface area contributed by atoms with E-state index in [0.717, 1.165) is 71.7 Å². The Bertz CT molecular complexity index is 2430. The van der Waals surface area contributed by atoms with Crippen LogP contribution in [0.2, 0.25) is 0 Å². The lowest BCUT2D eigenvalue weighted by Gasteiger charge is -2.27. The summed E-state index contributed by atoms with van der Waals surface area (Å²) < 4.78 is 13.1. The Morgan fingerprint density at radius 3 is 1.85 bits per heavy atom. The first kappa shape index (κ1) is 22.3. The molecule has 2 aromatic heterocycles. The second-order valence-corrected chi connectivity index (χ2v) is 10.5. The summed E-state index contributed by atoms with van der Waals surface area (Å²) in [7, 11) is 0. The van der Waals surface area contributed by atoms with Crippen molar-refractivity contribution >= 4 is 82.5 Å². The molecule has 0 unspecified atom stereocenters. The molecular weight excluding hydrogens is 502 g/mol. The van der Waals surface area contributed by atoms with Crippen LogP contribution in [0.4, 0.5) is 17.1 Å². The summed E-state index contributed by atoms with van der Waals surface area (Å²) in [5.74, 6) is 0. The molecule has 0 radical (unpaired) electrons. The van der Waals surface area contributed by atoms with Gasteiger partial charge in [-0.25, -0.2) is 0 Å². The SMILES string of the molecule is c1ccc(N(c2cc3c4cc5ccccc5cc4oc3c3ccccc23)c2cccc3c2oc2ccccc23)cc1. The molecule has 0 aliphatic rings. The molecule has 3 heteroatoms. The molecule has 0 fully saturated rings. The maximum Gasteiger partial charge on any atom is 0.159 e. The van der Waals surface area contributed by atoms with Gasteiger partial charge in [0.05, 0.1) is 11.4 Å². The fourth-order valence-corrected chi connectivity index (χ4v) is 6.34. The maximum atomic E-state index is 6.59. The standard InChI is InChI=1S/C38H23NO2/c1-2-13-26(14-3-1)39(33-19-10-18-30-28-16-8-9-20-35(28)40-38(30)33)34-23-32-31-21-24-11-4-5-12-25(24)22-36(31)41-37(32)29-17-7-6-15-27(29)34/h1-23H. The third-order valence-electron chi connectivity index (χ3n) is 8.20. The van der Waals surface area contributed by atoms with E-state index in [9.17, 15) is 0 Å². The third kappa shape index (κ3) is 3.26. The van der Waals surface area contributed by atoms with Crippen molar-refractivity contribution in [3.63, 3.8) is 0 Å². The molecule has 0 saturated heterocycles. The number of hydrogen-bond acceptors (Lipinski definition) is 3. The molecule has 3 nitrogen and oxygen atoms in total. The molecule has 0 N–H and O–H groups in total. The smallest absolute Gasteiger partial charge is 0.159 e. The van der Waals surface area contributed by atoms with Crippen molar-refractivity contribution in [2.45, 2.75) is 0 Å². The van der Waals surface area contributed by atoms with Gasteiger partial charge in [0.1, 0.15) is 16.7 Å². The minimum absolute atomic E-state index is 0.866. The molecule has 2 heterocycles. The van der Waals surface area contributed by atoms with E-state index in [2.05, 4.69) is 132 Å². The topological polar surface area (TPSA) is 29.5 Å². The normalized spacial score (nSPS) is 11.9. The highest BCUT2D eigenvalue weighted by Crippen LogP contribution is 2.47. The number of nitrogens with zero attached hydrogens (tertiary/aromatic N) is 1. The first-order chi connectivity index (χ1) is 20.3. The number of benzene rings is 7. The van der Waals surface area contributed by atoms with Gasteiger partial charge in [-0.3, -0.25) is 0 Å². The van der Waals surface area contributed by atoms with Gasteiger partial charge in [-0.1, -0.05) is 97.1 Å². The van der Waals surface area contributed by atoms with Gasteiger partial charge in [-0.05, 0) is 53.2 Å². The van der Waals surface area contributed by atoms with Gasteiger partial charge in [-0.2, -0.15) is 0 Å². The number of rotatable bonds is 3. The van der Waals surface area contributed by atoms with E-state index in [1.165, 1.54) is 10.8 Å². The second-order valence-electron chi connectivity index (χ2n) is 10.5. The van der Waals surface area contributed by atoms with E-state index >= 15 is 0 Å². The second kappa shape index (κ2) is 8.48. The molecular formula is C38H23NO2. The molecule has 0 atom stereocenters. The Morgan fingerprint density at radius 1 is 0.366 bits per heavy atom. The van der Waals surface area contributed by atoms with Crippen LogP contribution >= 0.6 is 0 Å². The minimum Gasteiger partial charge on any atom is -0.455 e. The molecule has 9 rings (SSSR count). The van der Waals surface area contributed by atoms with Gasteiger partial charge in [-0.15, -0.1) is 0 Å². The van der Waals surface area contributed by atoms with Crippen LogP contribution in [-0.2, 0) is 0 Å². The van der Waals surface area contributed by atoms with E-state index in [1.54, 1.807) is 0 Å². The van der Waals surface area contributed by atoms with E-state index in [-0.39, 0.29) is 0 Å². The van der Waals surface area contributed by atoms with E-state index in [1.807, 2.05) is 12.1 Å². The Balaban J connectivity index is 1.42. The Labute approximate surface area is 235 Å². The number of furan rings is 2. The molecule has 41 heavy (non-hydrogen) atoms. The number of para-hydroxylation sites is 3. The van der Waals surface area contributed by atoms with Crippen LogP contribution in [0.5, 0.6) is 0 Å². The summed E-state index contributed by atoms with van der Waals surface area (Å²) in [5.41, 5.74) is 6.68. The average molecular weight is 526 g/mol. The predicted octanol–water partition coefficient (Wildman–Crippen LogP) is 11.3. The van der Waals surface area contributed by atoms with Crippen molar-refractivity contribution in [3.05, 3.63) is 140 Å². The van der Waals surface area contributed by atoms with Crippen LogP contribution in [0.3, 0.4) is 0 Å². The molecule has 0 aliphatic heterocycles. The van der Waals surface area contributed by atoms with E-state index in [0.29, 0.717) is 0 Å². The lowest BCUT2D eigenvalue weighted by atomic mass is 10.0. The minimum atomic E-state index is 0.866. The fraction of sp³-hybridized carbons (Fsp3) is 0. The highest BCUT2D eigenvalue weighted by atomic mass is 16.3. The molecule has 0 spiro atoms. The number of hydrogen-bond donors (Lipinski definition) is 0. The molecule has 7 aromatic carbocycles. The highest BCUT2D eigenvalue weighted by Gasteiger charge is 2.23. The summed E-state index contributed by atoms with van der Waals surface area (Å²) in [5, 5.41) is 8.99. The fourth-order valence-electron chi connectivity index (χ4n) is 6.34. The summed E-state index contributed by atoms with van der Waals surface area (Å²) in [6.45, 7) is 0. The van der Waals surface area contributed by atoms with Gasteiger partial charge in [0.25, 0.3) is 0 Å². The Hall–Kier alpha value is -5.54. The Kier molecular flexibility index (Phi) is 4.61. The highest BCUT2D eigenvalue weighted by molar-refractivity contribution is 6.22. The van der Waals surface area contributed by atoms with Crippen LogP contribution in [0.15, 0.2) is 148 Å². The summed E-state index contributed by atoms with van der Waals surface area (Å²) in [4.78, 5) is 2.33. The molecule has 0 amide bonds. The van der Waals surface area contributed by atoms with Crippen molar-refractivity contribution in [2.75, 3.05) is 4.90 Å². The van der Waals surface area contributed by atoms with E-state index in [4.69, 9.17) is 8.83 Å². The van der Waals surface area contributed by atoms with Crippen LogP contribution in [-0.4, -0.2) is 0 Å². The van der Waals surface area contributed by atoms with Crippen molar-refractivity contribution in [1.29, 1.82) is 0 Å². The number of anilines is 3. The van der Waals surface area contributed by atoms with Gasteiger partial charge in [0, 0.05) is 38.0 Å². The molecule has 0 aliphatic carbocycles. The predicted molar refractivity (Wildman–Crippen MR) is 171 cm³/mol. The quantitative estimate of drug-likeness (QED) is 0.230. The third-order valence-corrected chi connectivity index (χ3v) is 8.20. The zero-order chi connectivity index (χ0) is 26.9. The zero-order valence-corrected chi connectivity index (χ0v) is 22.0. The summed E-state index contributed by atoms with van der Waals surface area (Å²) in [6.07, 6.45) is 0. The van der Waals surface area contributed by atoms with E-state index < -0.39 is 0 Å². The first-order valence-corrected chi connectivity index (χ1v) is 13.9. The van der Waals surface area contributed by atoms with Crippen LogP contribution in [0, 0.1) is 0 Å². The molecule has 9 aromatic rings. The number of fused-ring (bicyclic) bond motifs is 9. The zero-order valence-electron chi connectivity index (χ0n) is 22.0. The molecule has 192 valence electrons. The summed E-state index contributed by atoms with van der Waals surface area (Å²) >= 11 is 0. The maximum absolute atomic E-state index is 6.59. The van der Waals surface area contributed by atoms with Crippen LogP contribution in [0.1, 0.15) is 0 Å². The van der Waals surface area contributed by atoms with Gasteiger partial charge >= 0.3 is 0 Å². The molecule has 0 bridgehead atoms. The lowest BCUT2D eigenvalue weighted by Crippen LogP contribution is -2.10. The first-order valence-electron chi connectivity index (χ1n) is 13.9. The van der Waals surface area contributed by atoms with Crippen molar-refractivity contribution in [3.8, 4) is 0 Å². The lowest BCUT2D eigenvalue weighted by molar-refractivity contribution is 0.669. The largest absolute Gasteiger partial charge is 0.455 e. The van der Waals surface area contributed by atoms with Gasteiger partial charge < -0.3 is 13.7 Å². The van der Waals surface area contributed by atoms with Crippen molar-refractivity contribution in [1.82, 2.24) is 0 Å². The summed E-state index contributed by atoms with van der Waals surface area (Å²) in [6, 6.07) is 48.9. The molecule has 0 saturated carbocycles.